The van der Waals surface area contributed by atoms with Crippen molar-refractivity contribution in [3.63, 3.8) is 0 Å². The Morgan fingerprint density at radius 1 is 1.17 bits per heavy atom. The summed E-state index contributed by atoms with van der Waals surface area (Å²) in [6, 6.07) is 2.17. The van der Waals surface area contributed by atoms with Gasteiger partial charge in [-0.1, -0.05) is 6.92 Å². The number of hydrogen-bond acceptors (Lipinski definition) is 4. The molecule has 0 aliphatic rings. The molecule has 0 aliphatic heterocycles. The van der Waals surface area contributed by atoms with Gasteiger partial charge < -0.3 is 5.32 Å². The average molecular weight is 261 g/mol. The van der Waals surface area contributed by atoms with E-state index in [2.05, 4.69) is 54.7 Å². The van der Waals surface area contributed by atoms with E-state index in [0.29, 0.717) is 0 Å². The van der Waals surface area contributed by atoms with Gasteiger partial charge in [-0.3, -0.25) is 0 Å². The number of nitrogens with zero attached hydrogens (tertiary/aromatic N) is 2. The van der Waals surface area contributed by atoms with E-state index in [0.717, 1.165) is 24.5 Å². The van der Waals surface area contributed by atoms with Crippen molar-refractivity contribution >= 4 is 17.2 Å². The first-order valence-corrected chi connectivity index (χ1v) is 7.14. The highest BCUT2D eigenvalue weighted by Gasteiger charge is 2.11. The van der Waals surface area contributed by atoms with Gasteiger partial charge in [-0.15, -0.1) is 21.5 Å². The molecule has 0 saturated carbocycles. The van der Waals surface area contributed by atoms with Crippen molar-refractivity contribution in [3.8, 4) is 11.3 Å². The van der Waals surface area contributed by atoms with Gasteiger partial charge in [-0.25, -0.2) is 0 Å². The molecule has 4 heteroatoms. The van der Waals surface area contributed by atoms with Crippen molar-refractivity contribution < 1.29 is 0 Å². The van der Waals surface area contributed by atoms with Gasteiger partial charge in [-0.05, 0) is 44.4 Å². The van der Waals surface area contributed by atoms with E-state index in [1.54, 1.807) is 11.3 Å². The zero-order chi connectivity index (χ0) is 13.1. The van der Waals surface area contributed by atoms with E-state index in [1.165, 1.54) is 21.6 Å². The number of nitrogens with one attached hydrogen (secondary N) is 1. The van der Waals surface area contributed by atoms with Crippen LogP contribution in [0.4, 0.5) is 5.82 Å². The monoisotopic (exact) mass is 261 g/mol. The molecule has 2 heterocycles. The first-order valence-electron chi connectivity index (χ1n) is 6.26. The van der Waals surface area contributed by atoms with Gasteiger partial charge >= 0.3 is 0 Å². The fourth-order valence-corrected chi connectivity index (χ4v) is 2.55. The van der Waals surface area contributed by atoms with Crippen LogP contribution in [0.3, 0.4) is 0 Å². The van der Waals surface area contributed by atoms with Crippen LogP contribution in [-0.4, -0.2) is 16.7 Å². The third-order valence-corrected chi connectivity index (χ3v) is 3.93. The summed E-state index contributed by atoms with van der Waals surface area (Å²) in [4.78, 5) is 1.30. The molecule has 96 valence electrons. The van der Waals surface area contributed by atoms with Crippen LogP contribution < -0.4 is 5.32 Å². The van der Waals surface area contributed by atoms with Crippen molar-refractivity contribution in [3.05, 3.63) is 27.5 Å². The molecule has 0 amide bonds. The number of aromatic nitrogens is 2. The lowest BCUT2D eigenvalue weighted by molar-refractivity contribution is 0.933. The normalized spacial score (nSPS) is 10.7. The maximum atomic E-state index is 4.37. The van der Waals surface area contributed by atoms with Crippen molar-refractivity contribution in [2.24, 2.45) is 0 Å². The molecule has 0 saturated heterocycles. The smallest absolute Gasteiger partial charge is 0.151 e. The Balaban J connectivity index is 2.37. The topological polar surface area (TPSA) is 37.8 Å². The zero-order valence-corrected chi connectivity index (χ0v) is 12.2. The van der Waals surface area contributed by atoms with Crippen molar-refractivity contribution in [2.45, 2.75) is 34.1 Å². The molecule has 0 atom stereocenters. The average Bonchev–Trinajstić information content (AvgIpc) is 2.78. The minimum absolute atomic E-state index is 0.907. The molecule has 0 aromatic carbocycles. The lowest BCUT2D eigenvalue weighted by atomic mass is 10.1. The SMILES string of the molecule is CCCNc1nnc(-c2csc(C)c2)c(C)c1C. The van der Waals surface area contributed by atoms with Crippen LogP contribution >= 0.6 is 11.3 Å². The number of rotatable bonds is 4. The van der Waals surface area contributed by atoms with Crippen LogP contribution in [-0.2, 0) is 0 Å². The maximum absolute atomic E-state index is 4.37. The molecule has 1 N–H and O–H groups in total. The summed E-state index contributed by atoms with van der Waals surface area (Å²) >= 11 is 1.75. The summed E-state index contributed by atoms with van der Waals surface area (Å²) in [5.74, 6) is 0.907. The van der Waals surface area contributed by atoms with E-state index in [1.807, 2.05) is 0 Å². The summed E-state index contributed by atoms with van der Waals surface area (Å²) in [7, 11) is 0. The molecular formula is C14H19N3S. The van der Waals surface area contributed by atoms with Gasteiger partial charge in [0, 0.05) is 22.4 Å². The van der Waals surface area contributed by atoms with Crippen LogP contribution in [0.25, 0.3) is 11.3 Å². The van der Waals surface area contributed by atoms with Gasteiger partial charge in [0.15, 0.2) is 5.82 Å². The number of anilines is 1. The largest absolute Gasteiger partial charge is 0.368 e. The van der Waals surface area contributed by atoms with Gasteiger partial charge in [0.2, 0.25) is 0 Å². The van der Waals surface area contributed by atoms with E-state index in [-0.39, 0.29) is 0 Å². The number of hydrogen-bond donors (Lipinski definition) is 1. The molecule has 2 aromatic rings. The summed E-state index contributed by atoms with van der Waals surface area (Å²) in [5.41, 5.74) is 4.57. The Morgan fingerprint density at radius 3 is 2.56 bits per heavy atom. The van der Waals surface area contributed by atoms with E-state index >= 15 is 0 Å². The molecular weight excluding hydrogens is 242 g/mol. The van der Waals surface area contributed by atoms with Crippen LogP contribution in [0.5, 0.6) is 0 Å². The van der Waals surface area contributed by atoms with Gasteiger partial charge in [0.1, 0.15) is 0 Å². The Kier molecular flexibility index (Phi) is 3.97. The van der Waals surface area contributed by atoms with Crippen LogP contribution in [0, 0.1) is 20.8 Å². The predicted octanol–water partition coefficient (Wildman–Crippen LogP) is 3.95. The Hall–Kier alpha value is -1.42. The second-order valence-corrected chi connectivity index (χ2v) is 5.64. The molecule has 0 bridgehead atoms. The Bertz CT molecular complexity index is 546. The number of thiophene rings is 1. The second kappa shape index (κ2) is 5.48. The third-order valence-electron chi connectivity index (χ3n) is 3.07. The molecule has 0 spiro atoms. The summed E-state index contributed by atoms with van der Waals surface area (Å²) in [6.45, 7) is 9.41. The second-order valence-electron chi connectivity index (χ2n) is 4.52. The highest BCUT2D eigenvalue weighted by atomic mass is 32.1. The highest BCUT2D eigenvalue weighted by molar-refractivity contribution is 7.10. The minimum Gasteiger partial charge on any atom is -0.368 e. The molecule has 0 fully saturated rings. The van der Waals surface area contributed by atoms with Gasteiger partial charge in [0.25, 0.3) is 0 Å². The summed E-state index contributed by atoms with van der Waals surface area (Å²) < 4.78 is 0. The number of aryl methyl sites for hydroxylation is 1. The summed E-state index contributed by atoms with van der Waals surface area (Å²) in [5, 5.41) is 14.1. The van der Waals surface area contributed by atoms with Crippen LogP contribution in [0.1, 0.15) is 29.3 Å². The molecule has 2 rings (SSSR count). The van der Waals surface area contributed by atoms with Crippen molar-refractivity contribution in [1.29, 1.82) is 0 Å². The zero-order valence-electron chi connectivity index (χ0n) is 11.4. The van der Waals surface area contributed by atoms with E-state index in [4.69, 9.17) is 0 Å². The molecule has 0 aliphatic carbocycles. The van der Waals surface area contributed by atoms with E-state index in [9.17, 15) is 0 Å². The van der Waals surface area contributed by atoms with Crippen LogP contribution in [0.15, 0.2) is 11.4 Å². The third kappa shape index (κ3) is 2.53. The fourth-order valence-electron chi connectivity index (χ4n) is 1.86. The quantitative estimate of drug-likeness (QED) is 0.905. The minimum atomic E-state index is 0.907. The molecule has 2 aromatic heterocycles. The fraction of sp³-hybridized carbons (Fsp3) is 0.429. The Morgan fingerprint density at radius 2 is 1.94 bits per heavy atom. The molecule has 18 heavy (non-hydrogen) atoms. The standard InChI is InChI=1S/C14H19N3S/c1-5-6-15-14-11(4)10(3)13(16-17-14)12-7-9(2)18-8-12/h7-8H,5-6H2,1-4H3,(H,15,17). The maximum Gasteiger partial charge on any atom is 0.151 e. The van der Waals surface area contributed by atoms with Crippen LogP contribution in [0.2, 0.25) is 0 Å². The Labute approximate surface area is 112 Å². The molecule has 3 nitrogen and oxygen atoms in total. The van der Waals surface area contributed by atoms with Crippen molar-refractivity contribution in [2.75, 3.05) is 11.9 Å². The summed E-state index contributed by atoms with van der Waals surface area (Å²) in [6.07, 6.45) is 1.09. The van der Waals surface area contributed by atoms with E-state index < -0.39 is 0 Å². The van der Waals surface area contributed by atoms with Gasteiger partial charge in [0.05, 0.1) is 5.69 Å². The first kappa shape index (κ1) is 13.0. The van der Waals surface area contributed by atoms with Crippen molar-refractivity contribution in [1.82, 2.24) is 10.2 Å². The highest BCUT2D eigenvalue weighted by Crippen LogP contribution is 2.29. The molecule has 0 radical (unpaired) electrons. The molecule has 0 unspecified atom stereocenters. The van der Waals surface area contributed by atoms with Gasteiger partial charge in [-0.2, -0.15) is 0 Å². The lowest BCUT2D eigenvalue weighted by Gasteiger charge is -2.11. The lowest BCUT2D eigenvalue weighted by Crippen LogP contribution is -2.07. The predicted molar refractivity (Wildman–Crippen MR) is 78.3 cm³/mol. The first-order chi connectivity index (χ1) is 8.63.